The van der Waals surface area contributed by atoms with Gasteiger partial charge in [-0.2, -0.15) is 18.3 Å². The minimum absolute atomic E-state index is 0.0686. The zero-order valence-corrected chi connectivity index (χ0v) is 15.3. The van der Waals surface area contributed by atoms with Gasteiger partial charge in [0.25, 0.3) is 0 Å². The number of alkyl halides is 3. The fraction of sp³-hybridized carbons (Fsp3) is 0.500. The molecule has 0 saturated carbocycles. The van der Waals surface area contributed by atoms with Gasteiger partial charge in [-0.1, -0.05) is 5.16 Å². The molecule has 1 amide bonds. The summed E-state index contributed by atoms with van der Waals surface area (Å²) in [4.78, 5) is 22.6. The van der Waals surface area contributed by atoms with E-state index in [1.165, 1.54) is 0 Å². The normalized spacial score (nSPS) is 10.9. The Bertz CT molecular complexity index is 783. The molecule has 0 aliphatic heterocycles. The molecule has 2 aromatic rings. The summed E-state index contributed by atoms with van der Waals surface area (Å²) >= 11 is 0. The lowest BCUT2D eigenvalue weighted by Crippen LogP contribution is -2.26. The number of carboxylic acids is 1. The van der Waals surface area contributed by atoms with Crippen LogP contribution in [0.15, 0.2) is 10.6 Å². The molecule has 0 bridgehead atoms. The van der Waals surface area contributed by atoms with Crippen LogP contribution in [-0.2, 0) is 22.6 Å². The number of hydrogen-bond acceptors (Lipinski definition) is 5. The van der Waals surface area contributed by atoms with Crippen LogP contribution >= 0.6 is 0 Å². The number of hydrogen-bond donors (Lipinski definition) is 2. The molecule has 11 heteroatoms. The maximum Gasteiger partial charge on any atom is 0.490 e. The third-order valence-electron chi connectivity index (χ3n) is 3.67. The van der Waals surface area contributed by atoms with Crippen LogP contribution in [-0.4, -0.2) is 50.5 Å². The predicted molar refractivity (Wildman–Crippen MR) is 87.8 cm³/mol. The van der Waals surface area contributed by atoms with Gasteiger partial charge in [0.05, 0.1) is 17.9 Å². The predicted octanol–water partition coefficient (Wildman–Crippen LogP) is 2.55. The first kappa shape index (κ1) is 22.2. The zero-order valence-electron chi connectivity index (χ0n) is 15.3. The van der Waals surface area contributed by atoms with E-state index >= 15 is 0 Å². The van der Waals surface area contributed by atoms with Gasteiger partial charge in [0.2, 0.25) is 5.91 Å². The molecule has 0 fully saturated rings. The lowest BCUT2D eigenvalue weighted by molar-refractivity contribution is -0.192. The number of aliphatic carboxylic acids is 1. The average Bonchev–Trinajstić information content (AvgIpc) is 3.11. The molecule has 150 valence electrons. The van der Waals surface area contributed by atoms with Gasteiger partial charge in [0.15, 0.2) is 5.76 Å². The smallest absolute Gasteiger partial charge is 0.475 e. The summed E-state index contributed by atoms with van der Waals surface area (Å²) in [6.45, 7) is 6.29. The minimum Gasteiger partial charge on any atom is -0.475 e. The van der Waals surface area contributed by atoms with Gasteiger partial charge in [0.1, 0.15) is 0 Å². The molecule has 0 saturated heterocycles. The van der Waals surface area contributed by atoms with Crippen LogP contribution < -0.4 is 0 Å². The number of carbonyl (C=O) groups is 2. The van der Waals surface area contributed by atoms with E-state index in [1.807, 2.05) is 26.8 Å². The standard InChI is InChI=1S/C14H20N4O2.C2HF3O2/c1-9-7-12(20-17-9)8-18(4)14(19)6-5-13-10(2)11(3)15-16-13;3-2(4,5)1(6)7/h7H,5-6,8H2,1-4H3,(H,15,16);(H,6,7). The fourth-order valence-corrected chi connectivity index (χ4v) is 2.01. The summed E-state index contributed by atoms with van der Waals surface area (Å²) in [5.41, 5.74) is 3.97. The van der Waals surface area contributed by atoms with Gasteiger partial charge in [-0.3, -0.25) is 9.89 Å². The summed E-state index contributed by atoms with van der Waals surface area (Å²) < 4.78 is 36.8. The number of aromatic nitrogens is 3. The monoisotopic (exact) mass is 390 g/mol. The third-order valence-corrected chi connectivity index (χ3v) is 3.67. The number of carbonyl (C=O) groups excluding carboxylic acids is 1. The van der Waals surface area contributed by atoms with Crippen LogP contribution in [0.1, 0.15) is 34.8 Å². The van der Waals surface area contributed by atoms with Crippen molar-refractivity contribution in [2.24, 2.45) is 0 Å². The highest BCUT2D eigenvalue weighted by atomic mass is 19.4. The zero-order chi connectivity index (χ0) is 20.8. The van der Waals surface area contributed by atoms with E-state index in [0.717, 1.165) is 22.6 Å². The number of rotatable bonds is 5. The molecule has 0 radical (unpaired) electrons. The van der Waals surface area contributed by atoms with Gasteiger partial charge in [-0.25, -0.2) is 4.79 Å². The molecule has 2 heterocycles. The Labute approximate surface area is 153 Å². The van der Waals surface area contributed by atoms with Crippen molar-refractivity contribution in [1.29, 1.82) is 0 Å². The minimum atomic E-state index is -5.08. The Morgan fingerprint density at radius 1 is 1.30 bits per heavy atom. The Morgan fingerprint density at radius 3 is 2.30 bits per heavy atom. The van der Waals surface area contributed by atoms with Gasteiger partial charge in [0, 0.05) is 31.6 Å². The van der Waals surface area contributed by atoms with E-state index in [2.05, 4.69) is 15.4 Å². The van der Waals surface area contributed by atoms with Crippen molar-refractivity contribution in [3.63, 3.8) is 0 Å². The van der Waals surface area contributed by atoms with Crippen molar-refractivity contribution in [1.82, 2.24) is 20.3 Å². The molecule has 0 aromatic carbocycles. The Balaban J connectivity index is 0.000000445. The second kappa shape index (κ2) is 9.19. The molecule has 0 aliphatic rings. The Kier molecular flexibility index (Phi) is 7.56. The molecular weight excluding hydrogens is 369 g/mol. The summed E-state index contributed by atoms with van der Waals surface area (Å²) in [5, 5.41) is 18.1. The number of amides is 1. The molecule has 8 nitrogen and oxygen atoms in total. The summed E-state index contributed by atoms with van der Waals surface area (Å²) in [5.74, 6) is -1.99. The molecule has 27 heavy (non-hydrogen) atoms. The highest BCUT2D eigenvalue weighted by Gasteiger charge is 2.38. The quantitative estimate of drug-likeness (QED) is 0.811. The van der Waals surface area contributed by atoms with E-state index in [4.69, 9.17) is 14.4 Å². The first-order valence-corrected chi connectivity index (χ1v) is 7.88. The van der Waals surface area contributed by atoms with Crippen LogP contribution in [0.2, 0.25) is 0 Å². The number of aryl methyl sites for hydroxylation is 3. The van der Waals surface area contributed by atoms with Gasteiger partial charge < -0.3 is 14.5 Å². The van der Waals surface area contributed by atoms with Crippen LogP contribution in [0.5, 0.6) is 0 Å². The molecule has 0 atom stereocenters. The number of aromatic amines is 1. The SMILES string of the molecule is Cc1cc(CN(C)C(=O)CCc2n[nH]c(C)c2C)on1.O=C(O)C(F)(F)F. The number of H-pyrrole nitrogens is 1. The van der Waals surface area contributed by atoms with Crippen molar-refractivity contribution in [2.45, 2.75) is 46.3 Å². The van der Waals surface area contributed by atoms with Crippen LogP contribution in [0.4, 0.5) is 13.2 Å². The highest BCUT2D eigenvalue weighted by molar-refractivity contribution is 5.76. The third kappa shape index (κ3) is 7.12. The second-order valence-corrected chi connectivity index (χ2v) is 5.91. The number of nitrogens with one attached hydrogen (secondary N) is 1. The van der Waals surface area contributed by atoms with Crippen LogP contribution in [0.25, 0.3) is 0 Å². The van der Waals surface area contributed by atoms with Crippen molar-refractivity contribution < 1.29 is 32.4 Å². The van der Waals surface area contributed by atoms with E-state index in [-0.39, 0.29) is 5.91 Å². The molecular formula is C16H21F3N4O4. The molecule has 2 aromatic heterocycles. The molecule has 2 N–H and O–H groups in total. The fourth-order valence-electron chi connectivity index (χ4n) is 2.01. The van der Waals surface area contributed by atoms with Crippen molar-refractivity contribution in [3.05, 3.63) is 34.5 Å². The van der Waals surface area contributed by atoms with E-state index in [0.29, 0.717) is 25.1 Å². The van der Waals surface area contributed by atoms with Gasteiger partial charge in [-0.15, -0.1) is 0 Å². The van der Waals surface area contributed by atoms with E-state index in [9.17, 15) is 18.0 Å². The van der Waals surface area contributed by atoms with Crippen molar-refractivity contribution >= 4 is 11.9 Å². The molecule has 0 aliphatic carbocycles. The summed E-state index contributed by atoms with van der Waals surface area (Å²) in [7, 11) is 1.77. The molecule has 0 spiro atoms. The summed E-state index contributed by atoms with van der Waals surface area (Å²) in [6.07, 6.45) is -4.00. The van der Waals surface area contributed by atoms with Crippen molar-refractivity contribution in [2.75, 3.05) is 7.05 Å². The molecule has 2 rings (SSSR count). The summed E-state index contributed by atoms with van der Waals surface area (Å²) in [6, 6.07) is 1.84. The van der Waals surface area contributed by atoms with Gasteiger partial charge in [-0.05, 0) is 26.3 Å². The first-order valence-electron chi connectivity index (χ1n) is 7.88. The molecule has 0 unspecified atom stereocenters. The average molecular weight is 390 g/mol. The topological polar surface area (TPSA) is 112 Å². The van der Waals surface area contributed by atoms with E-state index in [1.54, 1.807) is 11.9 Å². The maximum atomic E-state index is 12.1. The highest BCUT2D eigenvalue weighted by Crippen LogP contribution is 2.13. The number of carboxylic acid groups (broad SMARTS) is 1. The maximum absolute atomic E-state index is 12.1. The number of halogens is 3. The largest absolute Gasteiger partial charge is 0.490 e. The first-order chi connectivity index (χ1) is 12.4. The van der Waals surface area contributed by atoms with E-state index < -0.39 is 12.1 Å². The van der Waals surface area contributed by atoms with Gasteiger partial charge >= 0.3 is 12.1 Å². The second-order valence-electron chi connectivity index (χ2n) is 5.91. The lowest BCUT2D eigenvalue weighted by Gasteiger charge is -2.14. The van der Waals surface area contributed by atoms with Crippen LogP contribution in [0, 0.1) is 20.8 Å². The lowest BCUT2D eigenvalue weighted by atomic mass is 10.1. The van der Waals surface area contributed by atoms with Crippen molar-refractivity contribution in [3.8, 4) is 0 Å². The Hall–Kier alpha value is -2.85. The number of nitrogens with zero attached hydrogens (tertiary/aromatic N) is 3. The van der Waals surface area contributed by atoms with Crippen LogP contribution in [0.3, 0.4) is 0 Å². The Morgan fingerprint density at radius 2 is 1.89 bits per heavy atom.